The van der Waals surface area contributed by atoms with Crippen molar-refractivity contribution in [3.05, 3.63) is 82.8 Å². The average Bonchev–Trinajstić information content (AvgIpc) is 3.50. The Morgan fingerprint density at radius 3 is 2.76 bits per heavy atom. The van der Waals surface area contributed by atoms with Crippen LogP contribution in [0.3, 0.4) is 0 Å². The zero-order chi connectivity index (χ0) is 22.6. The van der Waals surface area contributed by atoms with Crippen molar-refractivity contribution in [2.45, 2.75) is 13.1 Å². The number of thiophene rings is 1. The van der Waals surface area contributed by atoms with Gasteiger partial charge in [-0.15, -0.1) is 11.3 Å². The van der Waals surface area contributed by atoms with Crippen LogP contribution in [0, 0.1) is 11.3 Å². The fraction of sp³-hybridized carbons (Fsp3) is 0.240. The number of fused-ring (bicyclic) bond motifs is 1. The van der Waals surface area contributed by atoms with Crippen molar-refractivity contribution in [2.75, 3.05) is 29.9 Å². The summed E-state index contributed by atoms with van der Waals surface area (Å²) >= 11 is 3.47. The Kier molecular flexibility index (Phi) is 6.33. The Hall–Kier alpha value is -3.28. The molecular formula is C25H23N5OS2. The van der Waals surface area contributed by atoms with Gasteiger partial charge in [-0.3, -0.25) is 4.79 Å². The predicted molar refractivity (Wildman–Crippen MR) is 135 cm³/mol. The molecule has 4 aromatic rings. The van der Waals surface area contributed by atoms with Crippen LogP contribution in [0.1, 0.15) is 26.5 Å². The summed E-state index contributed by atoms with van der Waals surface area (Å²) in [6.07, 6.45) is 3.70. The van der Waals surface area contributed by atoms with Crippen LogP contribution in [-0.4, -0.2) is 45.0 Å². The summed E-state index contributed by atoms with van der Waals surface area (Å²) in [6, 6.07) is 18.0. The van der Waals surface area contributed by atoms with E-state index in [0.29, 0.717) is 18.7 Å². The van der Waals surface area contributed by atoms with E-state index in [1.165, 1.54) is 0 Å². The lowest BCUT2D eigenvalue weighted by Gasteiger charge is -2.25. The molecule has 0 radical (unpaired) electrons. The summed E-state index contributed by atoms with van der Waals surface area (Å²) in [5.41, 5.74) is 3.86. The van der Waals surface area contributed by atoms with E-state index in [9.17, 15) is 4.79 Å². The first-order chi connectivity index (χ1) is 16.2. The van der Waals surface area contributed by atoms with Crippen molar-refractivity contribution in [1.29, 1.82) is 5.26 Å². The van der Waals surface area contributed by atoms with Crippen molar-refractivity contribution < 1.29 is 4.79 Å². The maximum atomic E-state index is 13.0. The third-order valence-electron chi connectivity index (χ3n) is 5.76. The van der Waals surface area contributed by atoms with Crippen molar-refractivity contribution in [2.24, 2.45) is 0 Å². The van der Waals surface area contributed by atoms with E-state index in [1.807, 2.05) is 65.6 Å². The molecule has 8 heteroatoms. The number of rotatable bonds is 6. The number of hydrogen-bond donors (Lipinski definition) is 1. The number of hydrogen-bond acceptors (Lipinski definition) is 6. The maximum absolute atomic E-state index is 13.0. The summed E-state index contributed by atoms with van der Waals surface area (Å²) in [4.78, 5) is 20.1. The van der Waals surface area contributed by atoms with Gasteiger partial charge in [-0.1, -0.05) is 18.2 Å². The summed E-state index contributed by atoms with van der Waals surface area (Å²) in [5.74, 6) is 2.17. The minimum absolute atomic E-state index is 0.142. The SMILES string of the molecule is N#Cc1ccc(Cn2cncc2CNc2cccc3sc(C(=O)N4CCSCC4)cc23)cc1. The van der Waals surface area contributed by atoms with Crippen LogP contribution in [0.2, 0.25) is 0 Å². The average molecular weight is 474 g/mol. The van der Waals surface area contributed by atoms with Gasteiger partial charge in [0.05, 0.1) is 35.1 Å². The first-order valence-corrected chi connectivity index (χ1v) is 12.8. The van der Waals surface area contributed by atoms with Crippen LogP contribution in [-0.2, 0) is 13.1 Å². The molecular weight excluding hydrogens is 450 g/mol. The molecule has 2 aromatic carbocycles. The zero-order valence-electron chi connectivity index (χ0n) is 18.0. The number of carbonyl (C=O) groups is 1. The number of aromatic nitrogens is 2. The molecule has 1 aliphatic rings. The normalized spacial score (nSPS) is 13.7. The van der Waals surface area contributed by atoms with Crippen LogP contribution in [0.25, 0.3) is 10.1 Å². The van der Waals surface area contributed by atoms with Gasteiger partial charge < -0.3 is 14.8 Å². The molecule has 0 bridgehead atoms. The number of nitrogens with one attached hydrogen (secondary N) is 1. The minimum atomic E-state index is 0.142. The van der Waals surface area contributed by atoms with Crippen LogP contribution < -0.4 is 5.32 Å². The van der Waals surface area contributed by atoms with Crippen LogP contribution in [0.4, 0.5) is 5.69 Å². The van der Waals surface area contributed by atoms with Gasteiger partial charge in [0, 0.05) is 53.1 Å². The topological polar surface area (TPSA) is 74.0 Å². The van der Waals surface area contributed by atoms with E-state index in [2.05, 4.69) is 33.1 Å². The molecule has 1 fully saturated rings. The standard InChI is InChI=1S/C25H23N5OS2/c26-13-18-4-6-19(7-5-18)16-30-17-27-14-20(30)15-28-22-2-1-3-23-21(22)12-24(33-23)25(31)29-8-10-32-11-9-29/h1-7,12,14,17,28H,8-11,15-16H2. The second-order valence-electron chi connectivity index (χ2n) is 7.91. The number of anilines is 1. The highest BCUT2D eigenvalue weighted by molar-refractivity contribution is 7.99. The highest BCUT2D eigenvalue weighted by Crippen LogP contribution is 2.32. The number of benzene rings is 2. The quantitative estimate of drug-likeness (QED) is 0.435. The predicted octanol–water partition coefficient (Wildman–Crippen LogP) is 4.82. The van der Waals surface area contributed by atoms with Gasteiger partial charge in [-0.05, 0) is 35.9 Å². The molecule has 3 heterocycles. The second kappa shape index (κ2) is 9.69. The fourth-order valence-electron chi connectivity index (χ4n) is 3.95. The first kappa shape index (κ1) is 21.6. The number of nitriles is 1. The molecule has 0 spiro atoms. The van der Waals surface area contributed by atoms with Crippen molar-refractivity contribution >= 4 is 44.8 Å². The summed E-state index contributed by atoms with van der Waals surface area (Å²) in [5, 5.41) is 13.6. The van der Waals surface area contributed by atoms with Gasteiger partial charge in [0.2, 0.25) is 0 Å². The molecule has 0 aliphatic carbocycles. The molecule has 0 atom stereocenters. The fourth-order valence-corrected chi connectivity index (χ4v) is 5.91. The third kappa shape index (κ3) is 4.75. The van der Waals surface area contributed by atoms with E-state index in [4.69, 9.17) is 5.26 Å². The zero-order valence-corrected chi connectivity index (χ0v) is 19.7. The monoisotopic (exact) mass is 473 g/mol. The van der Waals surface area contributed by atoms with E-state index < -0.39 is 0 Å². The van der Waals surface area contributed by atoms with Crippen LogP contribution >= 0.6 is 23.1 Å². The van der Waals surface area contributed by atoms with Gasteiger partial charge in [0.15, 0.2) is 0 Å². The molecule has 1 amide bonds. The Bertz CT molecular complexity index is 1310. The summed E-state index contributed by atoms with van der Waals surface area (Å²) in [6.45, 7) is 2.97. The first-order valence-electron chi connectivity index (χ1n) is 10.8. The number of imidazole rings is 1. The van der Waals surface area contributed by atoms with Gasteiger partial charge in [0.25, 0.3) is 5.91 Å². The smallest absolute Gasteiger partial charge is 0.264 e. The highest BCUT2D eigenvalue weighted by Gasteiger charge is 2.21. The second-order valence-corrected chi connectivity index (χ2v) is 10.2. The minimum Gasteiger partial charge on any atom is -0.379 e. The van der Waals surface area contributed by atoms with Crippen LogP contribution in [0.15, 0.2) is 61.1 Å². The van der Waals surface area contributed by atoms with E-state index in [0.717, 1.165) is 56.5 Å². The van der Waals surface area contributed by atoms with Gasteiger partial charge in [-0.25, -0.2) is 4.98 Å². The molecule has 6 nitrogen and oxygen atoms in total. The van der Waals surface area contributed by atoms with E-state index in [-0.39, 0.29) is 5.91 Å². The molecule has 5 rings (SSSR count). The lowest BCUT2D eigenvalue weighted by Crippen LogP contribution is -2.37. The van der Waals surface area contributed by atoms with Gasteiger partial charge in [0.1, 0.15) is 0 Å². The Morgan fingerprint density at radius 2 is 1.97 bits per heavy atom. The Balaban J connectivity index is 1.31. The third-order valence-corrected chi connectivity index (χ3v) is 7.80. The molecule has 1 saturated heterocycles. The molecule has 0 unspecified atom stereocenters. The van der Waals surface area contributed by atoms with Crippen LogP contribution in [0.5, 0.6) is 0 Å². The molecule has 1 aliphatic heterocycles. The van der Waals surface area contributed by atoms with E-state index in [1.54, 1.807) is 11.3 Å². The summed E-state index contributed by atoms with van der Waals surface area (Å²) in [7, 11) is 0. The van der Waals surface area contributed by atoms with Crippen molar-refractivity contribution in [1.82, 2.24) is 14.5 Å². The molecule has 33 heavy (non-hydrogen) atoms. The molecule has 0 saturated carbocycles. The van der Waals surface area contributed by atoms with Crippen molar-refractivity contribution in [3.8, 4) is 6.07 Å². The van der Waals surface area contributed by atoms with Crippen molar-refractivity contribution in [3.63, 3.8) is 0 Å². The number of carbonyl (C=O) groups excluding carboxylic acids is 1. The largest absolute Gasteiger partial charge is 0.379 e. The Labute approximate surface area is 200 Å². The molecule has 1 N–H and O–H groups in total. The molecule has 166 valence electrons. The lowest BCUT2D eigenvalue weighted by molar-refractivity contribution is 0.0777. The van der Waals surface area contributed by atoms with Gasteiger partial charge >= 0.3 is 0 Å². The Morgan fingerprint density at radius 1 is 1.15 bits per heavy atom. The van der Waals surface area contributed by atoms with E-state index >= 15 is 0 Å². The maximum Gasteiger partial charge on any atom is 0.264 e. The van der Waals surface area contributed by atoms with Gasteiger partial charge in [-0.2, -0.15) is 17.0 Å². The lowest BCUT2D eigenvalue weighted by atomic mass is 10.1. The number of nitrogens with zero attached hydrogens (tertiary/aromatic N) is 4. The summed E-state index contributed by atoms with van der Waals surface area (Å²) < 4.78 is 3.21. The number of amides is 1. The highest BCUT2D eigenvalue weighted by atomic mass is 32.2. The number of thioether (sulfide) groups is 1. The molecule has 2 aromatic heterocycles.